The molecule has 0 N–H and O–H groups in total. The molecule has 1 aliphatic heterocycles. The van der Waals surface area contributed by atoms with E-state index in [1.807, 2.05) is 41.5 Å². The summed E-state index contributed by atoms with van der Waals surface area (Å²) in [6, 6.07) is 5.72. The van der Waals surface area contributed by atoms with Crippen LogP contribution in [-0.4, -0.2) is 22.9 Å². The summed E-state index contributed by atoms with van der Waals surface area (Å²) in [5, 5.41) is 4.16. The van der Waals surface area contributed by atoms with Crippen LogP contribution in [0.4, 0.5) is 4.39 Å². The maximum absolute atomic E-state index is 13.5. The van der Waals surface area contributed by atoms with Gasteiger partial charge in [-0.3, -0.25) is 9.59 Å². The molecule has 0 aromatic heterocycles. The molecule has 4 nitrogen and oxygen atoms in total. The van der Waals surface area contributed by atoms with Crippen LogP contribution in [0.3, 0.4) is 0 Å². The summed E-state index contributed by atoms with van der Waals surface area (Å²) < 4.78 is 13.3. The van der Waals surface area contributed by atoms with Crippen molar-refractivity contribution in [3.63, 3.8) is 0 Å². The Labute approximate surface area is 153 Å². The third kappa shape index (κ3) is 2.52. The first-order valence-electron chi connectivity index (χ1n) is 8.72. The Kier molecular flexibility index (Phi) is 3.98. The van der Waals surface area contributed by atoms with Gasteiger partial charge in [0.05, 0.1) is 0 Å². The number of nitrogens with zero attached hydrogens (tertiary/aromatic N) is 1. The van der Waals surface area contributed by atoms with Crippen molar-refractivity contribution < 1.29 is 18.8 Å². The Balaban J connectivity index is 2.20. The minimum Gasteiger partial charge on any atom is -0.379 e. The van der Waals surface area contributed by atoms with Crippen LogP contribution in [0, 0.1) is 22.6 Å². The monoisotopic (exact) mass is 357 g/mol. The molecule has 1 aromatic rings. The molecule has 1 aliphatic carbocycles. The van der Waals surface area contributed by atoms with Gasteiger partial charge in [0.1, 0.15) is 17.4 Å². The molecule has 138 valence electrons. The molecular formula is C21H24FNO3. The van der Waals surface area contributed by atoms with Crippen molar-refractivity contribution in [3.05, 3.63) is 47.3 Å². The Morgan fingerprint density at radius 2 is 1.62 bits per heavy atom. The second kappa shape index (κ2) is 5.60. The van der Waals surface area contributed by atoms with Crippen molar-refractivity contribution in [1.82, 2.24) is 0 Å². The molecule has 2 aliphatic rings. The lowest BCUT2D eigenvalue weighted by Gasteiger charge is -2.45. The Bertz CT molecular complexity index is 837. The first-order valence-corrected chi connectivity index (χ1v) is 8.72. The van der Waals surface area contributed by atoms with Gasteiger partial charge in [-0.25, -0.2) is 4.39 Å². The highest BCUT2D eigenvalue weighted by atomic mass is 19.1. The van der Waals surface area contributed by atoms with Crippen molar-refractivity contribution in [3.8, 4) is 0 Å². The first-order chi connectivity index (χ1) is 11.9. The van der Waals surface area contributed by atoms with Gasteiger partial charge in [-0.05, 0) is 23.6 Å². The zero-order valence-corrected chi connectivity index (χ0v) is 16.0. The number of allylic oxidation sites excluding steroid dienone is 1. The van der Waals surface area contributed by atoms with Gasteiger partial charge in [-0.15, -0.1) is 0 Å². The third-order valence-electron chi connectivity index (χ3n) is 5.18. The molecule has 5 heteroatoms. The predicted octanol–water partition coefficient (Wildman–Crippen LogP) is 4.09. The molecule has 0 amide bonds. The standard InChI is InChI=1S/C21H24FNO3/c1-19(2,3)14-11-15(24)16-17(12-7-9-13(22)10-8-12)23-26-21(16,18(14)25)20(4,5)6/h7-11,16H,1-6H3. The number of hydrogen-bond donors (Lipinski definition) is 0. The third-order valence-corrected chi connectivity index (χ3v) is 5.18. The average Bonchev–Trinajstić information content (AvgIpc) is 2.93. The van der Waals surface area contributed by atoms with Crippen molar-refractivity contribution in [2.24, 2.45) is 21.9 Å². The van der Waals surface area contributed by atoms with Crippen molar-refractivity contribution in [2.45, 2.75) is 47.1 Å². The van der Waals surface area contributed by atoms with E-state index < -0.39 is 22.3 Å². The summed E-state index contributed by atoms with van der Waals surface area (Å²) in [5.74, 6) is -1.63. The summed E-state index contributed by atoms with van der Waals surface area (Å²) in [6.07, 6.45) is 1.44. The fourth-order valence-corrected chi connectivity index (χ4v) is 3.73. The molecule has 0 saturated heterocycles. The molecule has 3 rings (SSSR count). The lowest BCUT2D eigenvalue weighted by Crippen LogP contribution is -2.61. The first kappa shape index (κ1) is 18.5. The number of ketones is 2. The normalized spacial score (nSPS) is 26.2. The number of Topliss-reactive ketones (excluding diaryl/α,β-unsaturated/α-hetero) is 1. The topological polar surface area (TPSA) is 55.7 Å². The highest BCUT2D eigenvalue weighted by molar-refractivity contribution is 6.27. The number of halogens is 1. The Morgan fingerprint density at radius 3 is 2.12 bits per heavy atom. The van der Waals surface area contributed by atoms with E-state index in [0.29, 0.717) is 16.8 Å². The van der Waals surface area contributed by atoms with Crippen LogP contribution in [-0.2, 0) is 14.4 Å². The molecule has 1 aromatic carbocycles. The molecule has 0 bridgehead atoms. The number of rotatable bonds is 1. The Morgan fingerprint density at radius 1 is 1.04 bits per heavy atom. The van der Waals surface area contributed by atoms with Crippen LogP contribution < -0.4 is 0 Å². The lowest BCUT2D eigenvalue weighted by molar-refractivity contribution is -0.166. The minimum absolute atomic E-state index is 0.204. The number of carbonyl (C=O) groups excluding carboxylic acids is 2. The van der Waals surface area contributed by atoms with E-state index >= 15 is 0 Å². The second-order valence-corrected chi connectivity index (χ2v) is 9.03. The lowest BCUT2D eigenvalue weighted by atomic mass is 9.58. The van der Waals surface area contributed by atoms with Crippen LogP contribution in [0.2, 0.25) is 0 Å². The number of benzene rings is 1. The largest absolute Gasteiger partial charge is 0.379 e. The fourth-order valence-electron chi connectivity index (χ4n) is 3.73. The van der Waals surface area contributed by atoms with Crippen LogP contribution in [0.5, 0.6) is 0 Å². The van der Waals surface area contributed by atoms with Crippen molar-refractivity contribution in [1.29, 1.82) is 0 Å². The van der Waals surface area contributed by atoms with Crippen molar-refractivity contribution in [2.75, 3.05) is 0 Å². The predicted molar refractivity (Wildman–Crippen MR) is 97.3 cm³/mol. The summed E-state index contributed by atoms with van der Waals surface area (Å²) in [5.41, 5.74) is -1.15. The van der Waals surface area contributed by atoms with Crippen molar-refractivity contribution >= 4 is 17.3 Å². The fraction of sp³-hybridized carbons (Fsp3) is 0.476. The van der Waals surface area contributed by atoms with Gasteiger partial charge in [-0.1, -0.05) is 58.8 Å². The highest BCUT2D eigenvalue weighted by Crippen LogP contribution is 2.51. The summed E-state index contributed by atoms with van der Waals surface area (Å²) in [6.45, 7) is 11.3. The maximum Gasteiger partial charge on any atom is 0.219 e. The van der Waals surface area contributed by atoms with Crippen LogP contribution >= 0.6 is 0 Å². The minimum atomic E-state index is -1.40. The second-order valence-electron chi connectivity index (χ2n) is 9.03. The van der Waals surface area contributed by atoms with E-state index in [0.717, 1.165) is 0 Å². The maximum atomic E-state index is 13.5. The average molecular weight is 357 g/mol. The molecule has 2 atom stereocenters. The van der Waals surface area contributed by atoms with E-state index in [1.165, 1.54) is 18.2 Å². The summed E-state index contributed by atoms with van der Waals surface area (Å²) in [7, 11) is 0. The van der Waals surface area contributed by atoms with Gasteiger partial charge < -0.3 is 4.84 Å². The Hall–Kier alpha value is -2.30. The van der Waals surface area contributed by atoms with Gasteiger partial charge in [0.25, 0.3) is 0 Å². The summed E-state index contributed by atoms with van der Waals surface area (Å²) >= 11 is 0. The zero-order chi connectivity index (χ0) is 19.5. The SMILES string of the molecule is CC(C)(C)C1=CC(=O)C2C(c3ccc(F)cc3)=NOC2(C(C)(C)C)C1=O. The van der Waals surface area contributed by atoms with E-state index in [2.05, 4.69) is 5.16 Å². The van der Waals surface area contributed by atoms with Gasteiger partial charge in [0.15, 0.2) is 5.78 Å². The molecule has 0 saturated carbocycles. The summed E-state index contributed by atoms with van der Waals surface area (Å²) in [4.78, 5) is 32.4. The van der Waals surface area contributed by atoms with E-state index in [1.54, 1.807) is 12.1 Å². The van der Waals surface area contributed by atoms with E-state index in [9.17, 15) is 14.0 Å². The van der Waals surface area contributed by atoms with Gasteiger partial charge in [0.2, 0.25) is 11.4 Å². The highest BCUT2D eigenvalue weighted by Gasteiger charge is 2.66. The van der Waals surface area contributed by atoms with E-state index in [4.69, 9.17) is 4.84 Å². The quantitative estimate of drug-likeness (QED) is 0.761. The number of fused-ring (bicyclic) bond motifs is 1. The number of oxime groups is 1. The molecule has 26 heavy (non-hydrogen) atoms. The zero-order valence-electron chi connectivity index (χ0n) is 16.0. The smallest absolute Gasteiger partial charge is 0.219 e. The molecule has 0 fully saturated rings. The molecule has 0 spiro atoms. The molecular weight excluding hydrogens is 333 g/mol. The van der Waals surface area contributed by atoms with Crippen LogP contribution in [0.25, 0.3) is 0 Å². The number of hydrogen-bond acceptors (Lipinski definition) is 4. The molecule has 0 radical (unpaired) electrons. The van der Waals surface area contributed by atoms with Gasteiger partial charge >= 0.3 is 0 Å². The van der Waals surface area contributed by atoms with Crippen LogP contribution in [0.1, 0.15) is 47.1 Å². The number of carbonyl (C=O) groups is 2. The molecule has 1 heterocycles. The molecule has 2 unspecified atom stereocenters. The van der Waals surface area contributed by atoms with E-state index in [-0.39, 0.29) is 17.4 Å². The van der Waals surface area contributed by atoms with Gasteiger partial charge in [-0.2, -0.15) is 0 Å². The van der Waals surface area contributed by atoms with Gasteiger partial charge in [0, 0.05) is 16.6 Å². The van der Waals surface area contributed by atoms with Crippen LogP contribution in [0.15, 0.2) is 41.1 Å².